The van der Waals surface area contributed by atoms with Crippen LogP contribution in [0.25, 0.3) is 0 Å². The summed E-state index contributed by atoms with van der Waals surface area (Å²) in [6.07, 6.45) is -5.30. The van der Waals surface area contributed by atoms with E-state index in [1.54, 1.807) is 6.92 Å². The molecular formula is C14H16F3N3O3. The van der Waals surface area contributed by atoms with Crippen LogP contribution in [0.5, 0.6) is 0 Å². The van der Waals surface area contributed by atoms with Gasteiger partial charge in [-0.3, -0.25) is 0 Å². The Kier molecular flexibility index (Phi) is 5.09. The third-order valence-corrected chi connectivity index (χ3v) is 3.23. The second-order valence-electron chi connectivity index (χ2n) is 5.17. The third kappa shape index (κ3) is 4.35. The Balaban J connectivity index is 2.29. The summed E-state index contributed by atoms with van der Waals surface area (Å²) in [5.74, 6) is -0.179. The van der Waals surface area contributed by atoms with E-state index >= 15 is 0 Å². The Labute approximate surface area is 130 Å². The van der Waals surface area contributed by atoms with Crippen molar-refractivity contribution in [2.45, 2.75) is 13.1 Å². The summed E-state index contributed by atoms with van der Waals surface area (Å²) in [6, 6.07) is 3.70. The molecule has 2 rings (SSSR count). The van der Waals surface area contributed by atoms with Gasteiger partial charge in [-0.25, -0.2) is 10.2 Å². The molecule has 6 nitrogen and oxygen atoms in total. The van der Waals surface area contributed by atoms with Gasteiger partial charge in [-0.15, -0.1) is 0 Å². The molecule has 23 heavy (non-hydrogen) atoms. The molecule has 1 atom stereocenters. The van der Waals surface area contributed by atoms with Gasteiger partial charge in [0.2, 0.25) is 0 Å². The minimum atomic E-state index is -4.56. The number of rotatable bonds is 5. The van der Waals surface area contributed by atoms with Crippen molar-refractivity contribution >= 4 is 17.5 Å². The number of amides is 1. The van der Waals surface area contributed by atoms with E-state index in [9.17, 15) is 18.0 Å². The minimum Gasteiger partial charge on any atom is -0.442 e. The van der Waals surface area contributed by atoms with Crippen LogP contribution in [0, 0.1) is 5.92 Å². The number of nitrogens with zero attached hydrogens (tertiary/aromatic N) is 1. The predicted molar refractivity (Wildman–Crippen MR) is 77.2 cm³/mol. The summed E-state index contributed by atoms with van der Waals surface area (Å²) >= 11 is 0. The van der Waals surface area contributed by atoms with Gasteiger partial charge < -0.3 is 15.2 Å². The van der Waals surface area contributed by atoms with E-state index in [2.05, 4.69) is 20.6 Å². The van der Waals surface area contributed by atoms with Crippen LogP contribution in [0.2, 0.25) is 0 Å². The molecule has 0 aliphatic carbocycles. The van der Waals surface area contributed by atoms with Crippen molar-refractivity contribution in [2.24, 2.45) is 11.0 Å². The monoisotopic (exact) mass is 331 g/mol. The highest BCUT2D eigenvalue weighted by atomic mass is 19.4. The van der Waals surface area contributed by atoms with Gasteiger partial charge in [0, 0.05) is 24.4 Å². The number of halogens is 3. The highest BCUT2D eigenvalue weighted by Gasteiger charge is 2.34. The number of alkyl halides is 3. The zero-order chi connectivity index (χ0) is 17.0. The second kappa shape index (κ2) is 6.86. The maximum absolute atomic E-state index is 13.2. The molecule has 9 heteroatoms. The van der Waals surface area contributed by atoms with E-state index in [0.717, 1.165) is 6.07 Å². The first-order chi connectivity index (χ1) is 10.8. The summed E-state index contributed by atoms with van der Waals surface area (Å²) in [5, 5.41) is 15.3. The number of aliphatic hydroxyl groups is 1. The number of hydrogen-bond acceptors (Lipinski definition) is 5. The van der Waals surface area contributed by atoms with Crippen molar-refractivity contribution in [3.05, 3.63) is 29.3 Å². The smallest absolute Gasteiger partial charge is 0.428 e. The number of carbonyl (C=O) groups excluding carboxylic acids is 1. The van der Waals surface area contributed by atoms with E-state index in [1.807, 2.05) is 0 Å². The van der Waals surface area contributed by atoms with Gasteiger partial charge in [-0.05, 0) is 18.1 Å². The van der Waals surface area contributed by atoms with Crippen molar-refractivity contribution in [1.29, 1.82) is 0 Å². The lowest BCUT2D eigenvalue weighted by Crippen LogP contribution is -2.31. The topological polar surface area (TPSA) is 83.0 Å². The van der Waals surface area contributed by atoms with Crippen LogP contribution in [-0.2, 0) is 10.9 Å². The average molecular weight is 331 g/mol. The summed E-state index contributed by atoms with van der Waals surface area (Å²) in [5.41, 5.74) is 1.53. The molecule has 0 fully saturated rings. The molecule has 1 amide bonds. The zero-order valence-corrected chi connectivity index (χ0v) is 12.3. The molecule has 0 bridgehead atoms. The second-order valence-corrected chi connectivity index (χ2v) is 5.17. The largest absolute Gasteiger partial charge is 0.442 e. The van der Waals surface area contributed by atoms with Crippen molar-refractivity contribution in [1.82, 2.24) is 5.43 Å². The summed E-state index contributed by atoms with van der Waals surface area (Å²) in [7, 11) is 0. The lowest BCUT2D eigenvalue weighted by atomic mass is 10.0. The molecule has 1 unspecified atom stereocenters. The van der Waals surface area contributed by atoms with Crippen molar-refractivity contribution in [2.75, 3.05) is 25.1 Å². The van der Waals surface area contributed by atoms with Crippen molar-refractivity contribution in [3.63, 3.8) is 0 Å². The highest BCUT2D eigenvalue weighted by Crippen LogP contribution is 2.35. The van der Waals surface area contributed by atoms with E-state index in [1.165, 1.54) is 12.1 Å². The minimum absolute atomic E-state index is 0.0806. The molecule has 3 N–H and O–H groups in total. The van der Waals surface area contributed by atoms with E-state index < -0.39 is 17.8 Å². The fourth-order valence-electron chi connectivity index (χ4n) is 1.92. The van der Waals surface area contributed by atoms with Crippen molar-refractivity contribution < 1.29 is 27.8 Å². The number of benzene rings is 1. The Morgan fingerprint density at radius 2 is 2.22 bits per heavy atom. The quantitative estimate of drug-likeness (QED) is 0.772. The molecule has 0 saturated carbocycles. The van der Waals surface area contributed by atoms with Crippen LogP contribution in [0.3, 0.4) is 0 Å². The van der Waals surface area contributed by atoms with Gasteiger partial charge in [0.15, 0.2) is 0 Å². The van der Waals surface area contributed by atoms with Gasteiger partial charge in [0.25, 0.3) is 0 Å². The molecule has 1 aliphatic rings. The first-order valence-corrected chi connectivity index (χ1v) is 6.87. The first-order valence-electron chi connectivity index (χ1n) is 6.87. The lowest BCUT2D eigenvalue weighted by Gasteiger charge is -2.19. The van der Waals surface area contributed by atoms with Crippen LogP contribution in [0.1, 0.15) is 18.1 Å². The van der Waals surface area contributed by atoms with Crippen molar-refractivity contribution in [3.8, 4) is 0 Å². The van der Waals surface area contributed by atoms with Crippen LogP contribution in [0.4, 0.5) is 23.7 Å². The number of ether oxygens (including phenoxy) is 1. The number of carbonyl (C=O) groups is 1. The zero-order valence-electron chi connectivity index (χ0n) is 12.3. The molecule has 0 aromatic heterocycles. The van der Waals surface area contributed by atoms with Gasteiger partial charge in [-0.2, -0.15) is 18.3 Å². The lowest BCUT2D eigenvalue weighted by molar-refractivity contribution is -0.137. The molecule has 0 radical (unpaired) electrons. The van der Waals surface area contributed by atoms with E-state index in [4.69, 9.17) is 5.11 Å². The van der Waals surface area contributed by atoms with E-state index in [-0.39, 0.29) is 42.6 Å². The average Bonchev–Trinajstić information content (AvgIpc) is 2.52. The standard InChI is InChI=1S/C14H16F3N3O3/c1-8(6-21)5-18-11-3-2-9(4-10(11)14(15,16)17)12-7-23-13(22)20-19-12/h2-4,8,18,21H,5-7H2,1H3,(H,20,22). The Morgan fingerprint density at radius 1 is 1.48 bits per heavy atom. The number of anilines is 1. The summed E-state index contributed by atoms with van der Waals surface area (Å²) in [6.45, 7) is 1.60. The predicted octanol–water partition coefficient (Wildman–Crippen LogP) is 2.19. The molecular weight excluding hydrogens is 315 g/mol. The van der Waals surface area contributed by atoms with Crippen LogP contribution in [-0.4, -0.2) is 36.7 Å². The maximum atomic E-state index is 13.2. The molecule has 126 valence electrons. The number of hydrazone groups is 1. The van der Waals surface area contributed by atoms with Crippen LogP contribution in [0.15, 0.2) is 23.3 Å². The number of nitrogens with one attached hydrogen (secondary N) is 2. The molecule has 0 spiro atoms. The molecule has 1 heterocycles. The van der Waals surface area contributed by atoms with Gasteiger partial charge in [-0.1, -0.05) is 13.0 Å². The normalized spacial score (nSPS) is 16.2. The Morgan fingerprint density at radius 3 is 2.78 bits per heavy atom. The van der Waals surface area contributed by atoms with Crippen LogP contribution < -0.4 is 10.7 Å². The summed E-state index contributed by atoms with van der Waals surface area (Å²) < 4.78 is 44.4. The number of cyclic esters (lactones) is 1. The maximum Gasteiger partial charge on any atom is 0.428 e. The molecule has 1 aromatic rings. The Bertz CT molecular complexity index is 617. The van der Waals surface area contributed by atoms with Gasteiger partial charge in [0.05, 0.1) is 5.56 Å². The highest BCUT2D eigenvalue weighted by molar-refractivity contribution is 6.04. The number of aliphatic hydroxyl groups excluding tert-OH is 1. The fraction of sp³-hybridized carbons (Fsp3) is 0.429. The van der Waals surface area contributed by atoms with Gasteiger partial charge >= 0.3 is 12.3 Å². The fourth-order valence-corrected chi connectivity index (χ4v) is 1.92. The first kappa shape index (κ1) is 17.1. The van der Waals surface area contributed by atoms with Crippen LogP contribution >= 0.6 is 0 Å². The summed E-state index contributed by atoms with van der Waals surface area (Å²) in [4.78, 5) is 10.8. The Hall–Kier alpha value is -2.29. The van der Waals surface area contributed by atoms with E-state index in [0.29, 0.717) is 0 Å². The SMILES string of the molecule is CC(CO)CNc1ccc(C2=NNC(=O)OC2)cc1C(F)(F)F. The van der Waals surface area contributed by atoms with Gasteiger partial charge in [0.1, 0.15) is 12.3 Å². The third-order valence-electron chi connectivity index (χ3n) is 3.23. The molecule has 1 aliphatic heterocycles. The molecule has 0 saturated heterocycles. The number of hydrogen-bond donors (Lipinski definition) is 3. The molecule has 1 aromatic carbocycles.